The van der Waals surface area contributed by atoms with Crippen molar-refractivity contribution >= 4 is 5.91 Å². The van der Waals surface area contributed by atoms with Crippen LogP contribution >= 0.6 is 0 Å². The monoisotopic (exact) mass is 418 g/mol. The number of nitrogens with zero attached hydrogens (tertiary/aromatic N) is 3. The van der Waals surface area contributed by atoms with Crippen LogP contribution in [-0.2, 0) is 39.0 Å². The number of fused-ring (bicyclic) bond motifs is 1. The highest BCUT2D eigenvalue weighted by Crippen LogP contribution is 2.24. The van der Waals surface area contributed by atoms with E-state index in [9.17, 15) is 9.90 Å². The lowest BCUT2D eigenvalue weighted by atomic mass is 10.0. The maximum absolute atomic E-state index is 13.0. The molecule has 0 fully saturated rings. The number of nitrogens with one attached hydrogen (secondary N) is 1. The summed E-state index contributed by atoms with van der Waals surface area (Å²) in [7, 11) is 0. The summed E-state index contributed by atoms with van der Waals surface area (Å²) in [4.78, 5) is 15.3. The molecule has 2 aromatic carbocycles. The number of carbonyl (C=O) groups is 1. The number of hydrogen-bond acceptors (Lipinski definition) is 4. The van der Waals surface area contributed by atoms with Crippen molar-refractivity contribution in [1.82, 2.24) is 20.0 Å². The number of benzene rings is 2. The number of carbonyl (C=O) groups excluding carboxylic acids is 1. The van der Waals surface area contributed by atoms with Crippen LogP contribution in [0, 0.1) is 0 Å². The van der Waals surface area contributed by atoms with E-state index < -0.39 is 0 Å². The largest absolute Gasteiger partial charge is 0.394 e. The van der Waals surface area contributed by atoms with Gasteiger partial charge in [-0.3, -0.25) is 14.4 Å². The molecule has 3 aromatic rings. The molecule has 0 radical (unpaired) electrons. The molecular formula is C25H30N4O2. The van der Waals surface area contributed by atoms with E-state index in [1.807, 2.05) is 30.3 Å². The van der Waals surface area contributed by atoms with Crippen LogP contribution in [0.3, 0.4) is 0 Å². The number of aryl methyl sites for hydroxylation is 1. The average Bonchev–Trinajstić information content (AvgIpc) is 3.17. The molecule has 162 valence electrons. The Kier molecular flexibility index (Phi) is 6.79. The Hall–Kier alpha value is -2.96. The Balaban J connectivity index is 1.50. The van der Waals surface area contributed by atoms with Crippen molar-refractivity contribution in [3.8, 4) is 0 Å². The minimum atomic E-state index is -0.161. The zero-order valence-electron chi connectivity index (χ0n) is 18.1. The van der Waals surface area contributed by atoms with E-state index in [-0.39, 0.29) is 12.5 Å². The van der Waals surface area contributed by atoms with Crippen LogP contribution in [0.2, 0.25) is 0 Å². The van der Waals surface area contributed by atoms with Crippen LogP contribution in [0.4, 0.5) is 0 Å². The van der Waals surface area contributed by atoms with E-state index in [1.54, 1.807) is 4.68 Å². The highest BCUT2D eigenvalue weighted by Gasteiger charge is 2.28. The lowest BCUT2D eigenvalue weighted by molar-refractivity contribution is 0.0942. The molecule has 0 atom stereocenters. The van der Waals surface area contributed by atoms with E-state index in [2.05, 4.69) is 46.5 Å². The molecule has 0 saturated carbocycles. The van der Waals surface area contributed by atoms with Gasteiger partial charge in [-0.25, -0.2) is 0 Å². The van der Waals surface area contributed by atoms with Crippen LogP contribution in [0.1, 0.15) is 45.4 Å². The first-order valence-corrected chi connectivity index (χ1v) is 11.0. The number of amides is 1. The molecule has 2 heterocycles. The van der Waals surface area contributed by atoms with Gasteiger partial charge in [0, 0.05) is 43.9 Å². The second-order valence-electron chi connectivity index (χ2n) is 8.02. The van der Waals surface area contributed by atoms with Gasteiger partial charge in [-0.15, -0.1) is 0 Å². The molecule has 1 amide bonds. The van der Waals surface area contributed by atoms with Crippen LogP contribution in [0.5, 0.6) is 0 Å². The van der Waals surface area contributed by atoms with Gasteiger partial charge in [0.15, 0.2) is 5.69 Å². The Morgan fingerprint density at radius 1 is 1.06 bits per heavy atom. The van der Waals surface area contributed by atoms with E-state index >= 15 is 0 Å². The Labute approximate surface area is 183 Å². The van der Waals surface area contributed by atoms with Gasteiger partial charge in [0.25, 0.3) is 5.91 Å². The quantitative estimate of drug-likeness (QED) is 0.590. The van der Waals surface area contributed by atoms with Crippen molar-refractivity contribution in [2.75, 3.05) is 13.2 Å². The van der Waals surface area contributed by atoms with E-state index in [4.69, 9.17) is 0 Å². The first-order valence-electron chi connectivity index (χ1n) is 11.0. The van der Waals surface area contributed by atoms with Crippen LogP contribution < -0.4 is 5.32 Å². The molecule has 1 aliphatic heterocycles. The first-order chi connectivity index (χ1) is 15.2. The predicted molar refractivity (Wildman–Crippen MR) is 121 cm³/mol. The average molecular weight is 419 g/mol. The molecule has 0 unspecified atom stereocenters. The fourth-order valence-corrected chi connectivity index (χ4v) is 4.14. The van der Waals surface area contributed by atoms with Gasteiger partial charge in [0.05, 0.1) is 13.2 Å². The Bertz CT molecular complexity index is 1010. The van der Waals surface area contributed by atoms with E-state index in [1.165, 1.54) is 11.1 Å². The molecule has 4 rings (SSSR count). The molecule has 0 spiro atoms. The first kappa shape index (κ1) is 21.3. The predicted octanol–water partition coefficient (Wildman–Crippen LogP) is 2.93. The highest BCUT2D eigenvalue weighted by atomic mass is 16.3. The Morgan fingerprint density at radius 2 is 1.81 bits per heavy atom. The lowest BCUT2D eigenvalue weighted by Crippen LogP contribution is -2.32. The number of rotatable bonds is 8. The molecule has 6 nitrogen and oxygen atoms in total. The fraction of sp³-hybridized carbons (Fsp3) is 0.360. The van der Waals surface area contributed by atoms with Crippen molar-refractivity contribution < 1.29 is 9.90 Å². The van der Waals surface area contributed by atoms with Gasteiger partial charge < -0.3 is 10.4 Å². The van der Waals surface area contributed by atoms with Gasteiger partial charge >= 0.3 is 0 Å². The fourth-order valence-electron chi connectivity index (χ4n) is 4.14. The standard InChI is InChI=1S/C25H30N4O2/c1-2-19-8-10-21(11-9-19)17-28-13-12-23-22(18-28)24(27-29(23)14-15-30)25(31)26-16-20-6-4-3-5-7-20/h3-11,30H,2,12-18H2,1H3,(H,26,31). The number of hydrogen-bond donors (Lipinski definition) is 2. The smallest absolute Gasteiger partial charge is 0.272 e. The van der Waals surface area contributed by atoms with Crippen molar-refractivity contribution in [1.29, 1.82) is 0 Å². The molecule has 0 bridgehead atoms. The zero-order valence-corrected chi connectivity index (χ0v) is 18.1. The zero-order chi connectivity index (χ0) is 21.6. The third-order valence-corrected chi connectivity index (χ3v) is 5.87. The normalized spacial score (nSPS) is 13.7. The highest BCUT2D eigenvalue weighted by molar-refractivity contribution is 5.94. The second kappa shape index (κ2) is 9.90. The van der Waals surface area contributed by atoms with E-state index in [0.717, 1.165) is 42.8 Å². The molecular weight excluding hydrogens is 388 g/mol. The summed E-state index contributed by atoms with van der Waals surface area (Å²) in [6.45, 7) is 5.48. The number of aromatic nitrogens is 2. The van der Waals surface area contributed by atoms with Gasteiger partial charge in [-0.2, -0.15) is 5.10 Å². The number of aliphatic hydroxyl groups excluding tert-OH is 1. The lowest BCUT2D eigenvalue weighted by Gasteiger charge is -2.27. The van der Waals surface area contributed by atoms with Crippen molar-refractivity contribution in [2.24, 2.45) is 0 Å². The SMILES string of the molecule is CCc1ccc(CN2CCc3c(c(C(=O)NCc4ccccc4)nn3CCO)C2)cc1. The molecule has 0 aliphatic carbocycles. The summed E-state index contributed by atoms with van der Waals surface area (Å²) in [6, 6.07) is 18.6. The van der Waals surface area contributed by atoms with Gasteiger partial charge in [0.2, 0.25) is 0 Å². The molecule has 0 saturated heterocycles. The summed E-state index contributed by atoms with van der Waals surface area (Å²) in [5.41, 5.74) is 6.19. The van der Waals surface area contributed by atoms with Gasteiger partial charge in [-0.1, -0.05) is 61.5 Å². The summed E-state index contributed by atoms with van der Waals surface area (Å²) in [6.07, 6.45) is 1.86. The minimum absolute atomic E-state index is 0.00663. The topological polar surface area (TPSA) is 70.4 Å². The maximum Gasteiger partial charge on any atom is 0.272 e. The molecule has 31 heavy (non-hydrogen) atoms. The van der Waals surface area contributed by atoms with Crippen molar-refractivity contribution in [3.05, 3.63) is 88.2 Å². The third kappa shape index (κ3) is 5.03. The summed E-state index contributed by atoms with van der Waals surface area (Å²) in [5.74, 6) is -0.161. The van der Waals surface area contributed by atoms with E-state index in [0.29, 0.717) is 25.3 Å². The molecule has 6 heteroatoms. The van der Waals surface area contributed by atoms with Crippen molar-refractivity contribution in [2.45, 2.75) is 45.9 Å². The van der Waals surface area contributed by atoms with Crippen LogP contribution in [0.15, 0.2) is 54.6 Å². The molecule has 1 aliphatic rings. The number of aliphatic hydroxyl groups is 1. The minimum Gasteiger partial charge on any atom is -0.394 e. The molecule has 2 N–H and O–H groups in total. The molecule has 1 aromatic heterocycles. The van der Waals surface area contributed by atoms with Crippen LogP contribution in [-0.4, -0.2) is 38.8 Å². The summed E-state index contributed by atoms with van der Waals surface area (Å²) < 4.78 is 1.81. The third-order valence-electron chi connectivity index (χ3n) is 5.87. The van der Waals surface area contributed by atoms with Gasteiger partial charge in [0.1, 0.15) is 0 Å². The van der Waals surface area contributed by atoms with Gasteiger partial charge in [-0.05, 0) is 23.1 Å². The Morgan fingerprint density at radius 3 is 2.52 bits per heavy atom. The van der Waals surface area contributed by atoms with Crippen molar-refractivity contribution in [3.63, 3.8) is 0 Å². The maximum atomic E-state index is 13.0. The second-order valence-corrected chi connectivity index (χ2v) is 8.02. The summed E-state index contributed by atoms with van der Waals surface area (Å²) in [5, 5.41) is 17.0. The summed E-state index contributed by atoms with van der Waals surface area (Å²) >= 11 is 0. The van der Waals surface area contributed by atoms with Crippen LogP contribution in [0.25, 0.3) is 0 Å².